The fourth-order valence-electron chi connectivity index (χ4n) is 18.0. The van der Waals surface area contributed by atoms with Gasteiger partial charge < -0.3 is 19.3 Å². The molecular formula is C85H150N2O6. The third-order valence-electron chi connectivity index (χ3n) is 24.6. The van der Waals surface area contributed by atoms with E-state index in [2.05, 4.69) is 103 Å². The lowest BCUT2D eigenvalue weighted by Crippen LogP contribution is -2.46. The third-order valence-corrected chi connectivity index (χ3v) is 24.6. The molecular weight excluding hydrogens is 1140 g/mol. The highest BCUT2D eigenvalue weighted by Crippen LogP contribution is 2.66. The SMILES string of the molecule is CCCCCCCCCCCC(CCCCCC)OC(=O)CCCC(CCCC(=O)C(CCCCCC)CCCCCCCCCCC)N(CCN1CCCCC1)C(=O)CCCC(=O)OC1CCC2(C)C(=CC=C3C2CCC2(C)C3CCC2C(C)/C=C/C(C)C(C)C)C1. The summed E-state index contributed by atoms with van der Waals surface area (Å²) in [5, 5.41) is 0. The van der Waals surface area contributed by atoms with Gasteiger partial charge in [-0.25, -0.2) is 0 Å². The minimum Gasteiger partial charge on any atom is -0.462 e. The molecule has 5 aliphatic rings. The zero-order valence-corrected chi connectivity index (χ0v) is 62.9. The highest BCUT2D eigenvalue weighted by atomic mass is 16.5. The number of ether oxygens (including phenoxy) is 2. The van der Waals surface area contributed by atoms with Crippen LogP contribution in [0.1, 0.15) is 384 Å². The van der Waals surface area contributed by atoms with E-state index in [4.69, 9.17) is 9.47 Å². The molecule has 1 aliphatic heterocycles. The molecule has 8 heteroatoms. The molecule has 11 unspecified atom stereocenters. The highest BCUT2D eigenvalue weighted by molar-refractivity contribution is 5.81. The van der Waals surface area contributed by atoms with E-state index in [9.17, 15) is 19.2 Å². The number of unbranched alkanes of at least 4 members (excludes halogenated alkanes) is 22. The molecule has 536 valence electrons. The summed E-state index contributed by atoms with van der Waals surface area (Å²) >= 11 is 0. The number of likely N-dealkylation sites (tertiary alicyclic amines) is 1. The van der Waals surface area contributed by atoms with Crippen molar-refractivity contribution >= 4 is 23.6 Å². The van der Waals surface area contributed by atoms with Crippen LogP contribution >= 0.6 is 0 Å². The number of rotatable bonds is 53. The Morgan fingerprint density at radius 3 is 1.67 bits per heavy atom. The van der Waals surface area contributed by atoms with Crippen molar-refractivity contribution in [2.24, 2.45) is 52.3 Å². The van der Waals surface area contributed by atoms with E-state index >= 15 is 0 Å². The first-order valence-electron chi connectivity index (χ1n) is 41.1. The van der Waals surface area contributed by atoms with Gasteiger partial charge in [0, 0.05) is 57.2 Å². The molecule has 3 saturated carbocycles. The molecule has 0 aromatic carbocycles. The zero-order chi connectivity index (χ0) is 67.1. The van der Waals surface area contributed by atoms with Gasteiger partial charge in [0.25, 0.3) is 0 Å². The maximum atomic E-state index is 15.0. The summed E-state index contributed by atoms with van der Waals surface area (Å²) in [5.74, 6) is 4.18. The summed E-state index contributed by atoms with van der Waals surface area (Å²) in [6.07, 6.45) is 62.6. The van der Waals surface area contributed by atoms with E-state index in [1.807, 2.05) is 0 Å². The molecule has 1 heterocycles. The number of ketones is 1. The first-order valence-corrected chi connectivity index (χ1v) is 41.1. The average molecular weight is 1300 g/mol. The molecule has 5 rings (SSSR count). The average Bonchev–Trinajstić information content (AvgIpc) is 1.70. The maximum absolute atomic E-state index is 15.0. The largest absolute Gasteiger partial charge is 0.462 e. The molecule has 8 nitrogen and oxygen atoms in total. The van der Waals surface area contributed by atoms with Gasteiger partial charge >= 0.3 is 11.9 Å². The number of amides is 1. The number of hydrogen-bond donors (Lipinski definition) is 0. The number of allylic oxidation sites excluding steroid dienone is 5. The van der Waals surface area contributed by atoms with Crippen LogP contribution in [0.2, 0.25) is 0 Å². The van der Waals surface area contributed by atoms with E-state index in [0.717, 1.165) is 109 Å². The van der Waals surface area contributed by atoms with Crippen molar-refractivity contribution in [1.82, 2.24) is 9.80 Å². The Morgan fingerprint density at radius 1 is 0.548 bits per heavy atom. The number of carbonyl (C=O) groups excluding carboxylic acids is 4. The van der Waals surface area contributed by atoms with Crippen LogP contribution in [0.3, 0.4) is 0 Å². The smallest absolute Gasteiger partial charge is 0.306 e. The van der Waals surface area contributed by atoms with Crippen LogP contribution in [0.25, 0.3) is 0 Å². The van der Waals surface area contributed by atoms with Crippen LogP contribution in [0.4, 0.5) is 0 Å². The van der Waals surface area contributed by atoms with Crippen LogP contribution in [0, 0.1) is 52.3 Å². The third kappa shape index (κ3) is 28.9. The van der Waals surface area contributed by atoms with Crippen molar-refractivity contribution in [2.45, 2.75) is 402 Å². The van der Waals surface area contributed by atoms with Crippen LogP contribution in [-0.4, -0.2) is 77.9 Å². The molecule has 0 aromatic rings. The highest BCUT2D eigenvalue weighted by Gasteiger charge is 2.57. The minimum atomic E-state index is -0.179. The van der Waals surface area contributed by atoms with Crippen LogP contribution < -0.4 is 0 Å². The Hall–Kier alpha value is -2.74. The predicted octanol–water partition coefficient (Wildman–Crippen LogP) is 24.0. The number of piperidine rings is 1. The molecule has 0 radical (unpaired) electrons. The summed E-state index contributed by atoms with van der Waals surface area (Å²) in [4.78, 5) is 61.9. The van der Waals surface area contributed by atoms with Gasteiger partial charge in [-0.1, -0.05) is 265 Å². The lowest BCUT2D eigenvalue weighted by atomic mass is 9.50. The molecule has 0 aromatic heterocycles. The van der Waals surface area contributed by atoms with Crippen molar-refractivity contribution in [3.63, 3.8) is 0 Å². The fraction of sp³-hybridized carbons (Fsp3) is 0.882. The number of carbonyl (C=O) groups is 4. The standard InChI is InChI=1S/C85H150N2O6/c1-11-15-19-23-25-27-29-31-35-44-71(43-34-21-17-13-3)80(88)49-40-45-73(46-41-51-82(90)92-74(47-36-22-18-14-4)48-37-32-30-28-26-24-20-16-12-2)87(66-65-86-63-38-33-39-64-86)81(89)50-42-52-83(91)93-75-59-61-84(9)72(67-75)55-56-76-78-58-57-77(85(78,10)62-60-79(76)84)70(8)54-53-69(7)68(5)6/h53-56,68-71,73-75,77-79H,11-52,57-67H2,1-10H3/b54-53+. The Balaban J connectivity index is 1.24. The molecule has 0 bridgehead atoms. The molecule has 93 heavy (non-hydrogen) atoms. The molecule has 4 fully saturated rings. The van der Waals surface area contributed by atoms with E-state index < -0.39 is 0 Å². The Bertz CT molecular complexity index is 2140. The van der Waals surface area contributed by atoms with E-state index in [1.54, 1.807) is 5.57 Å². The number of fused-ring (bicyclic) bond motifs is 5. The minimum absolute atomic E-state index is 0.0250. The van der Waals surface area contributed by atoms with Gasteiger partial charge in [0.15, 0.2) is 0 Å². The lowest BCUT2D eigenvalue weighted by molar-refractivity contribution is -0.151. The van der Waals surface area contributed by atoms with Crippen LogP contribution in [0.15, 0.2) is 35.5 Å². The van der Waals surface area contributed by atoms with Crippen molar-refractivity contribution in [3.8, 4) is 0 Å². The van der Waals surface area contributed by atoms with E-state index in [1.165, 1.54) is 192 Å². The Morgan fingerprint density at radius 2 is 1.09 bits per heavy atom. The molecule has 1 saturated heterocycles. The summed E-state index contributed by atoms with van der Waals surface area (Å²) in [6, 6.07) is -0.0888. The van der Waals surface area contributed by atoms with Crippen LogP contribution in [0.5, 0.6) is 0 Å². The molecule has 1 amide bonds. The predicted molar refractivity (Wildman–Crippen MR) is 394 cm³/mol. The topological polar surface area (TPSA) is 93.2 Å². The van der Waals surface area contributed by atoms with E-state index in [-0.39, 0.29) is 53.8 Å². The monoisotopic (exact) mass is 1300 g/mol. The van der Waals surface area contributed by atoms with Crippen molar-refractivity contribution in [3.05, 3.63) is 35.5 Å². The molecule has 4 aliphatic carbocycles. The van der Waals surface area contributed by atoms with Gasteiger partial charge in [0.1, 0.15) is 18.0 Å². The first kappa shape index (κ1) is 80.9. The summed E-state index contributed by atoms with van der Waals surface area (Å²) < 4.78 is 12.8. The van der Waals surface area contributed by atoms with Crippen molar-refractivity contribution in [1.29, 1.82) is 0 Å². The molecule has 0 N–H and O–H groups in total. The Kier molecular flexibility index (Phi) is 40.5. The Labute approximate surface area is 575 Å². The number of esters is 2. The van der Waals surface area contributed by atoms with Gasteiger partial charge in [-0.2, -0.15) is 0 Å². The zero-order valence-electron chi connectivity index (χ0n) is 62.9. The summed E-state index contributed by atoms with van der Waals surface area (Å²) in [7, 11) is 0. The van der Waals surface area contributed by atoms with Gasteiger partial charge in [-0.3, -0.25) is 19.2 Å². The summed E-state index contributed by atoms with van der Waals surface area (Å²) in [5.41, 5.74) is 3.64. The second-order valence-corrected chi connectivity index (χ2v) is 32.3. The van der Waals surface area contributed by atoms with Crippen LogP contribution in [-0.2, 0) is 28.7 Å². The van der Waals surface area contributed by atoms with Gasteiger partial charge in [0.2, 0.25) is 5.91 Å². The van der Waals surface area contributed by atoms with Crippen molar-refractivity contribution < 1.29 is 28.7 Å². The fourth-order valence-corrected chi connectivity index (χ4v) is 18.0. The normalized spacial score (nSPS) is 23.9. The number of nitrogens with zero attached hydrogens (tertiary/aromatic N) is 2. The lowest BCUT2D eigenvalue weighted by Gasteiger charge is -2.55. The number of hydrogen-bond acceptors (Lipinski definition) is 7. The first-order chi connectivity index (χ1) is 45.1. The second-order valence-electron chi connectivity index (χ2n) is 32.3. The van der Waals surface area contributed by atoms with Gasteiger partial charge in [0.05, 0.1) is 0 Å². The quantitative estimate of drug-likeness (QED) is 0.0340. The second kappa shape index (κ2) is 46.5. The maximum Gasteiger partial charge on any atom is 0.306 e. The molecule has 11 atom stereocenters. The summed E-state index contributed by atoms with van der Waals surface area (Å²) in [6.45, 7) is 27.3. The van der Waals surface area contributed by atoms with Crippen molar-refractivity contribution in [2.75, 3.05) is 26.2 Å². The molecule has 0 spiro atoms. The van der Waals surface area contributed by atoms with E-state index in [0.29, 0.717) is 85.9 Å². The number of Topliss-reactive ketones (excluding diaryl/α,β-unsaturated/α-hetero) is 1. The van der Waals surface area contributed by atoms with Gasteiger partial charge in [-0.05, 0) is 181 Å². The van der Waals surface area contributed by atoms with Gasteiger partial charge in [-0.15, -0.1) is 0 Å².